The highest BCUT2D eigenvalue weighted by molar-refractivity contribution is 5.99. The molecule has 0 fully saturated rings. The Kier molecular flexibility index (Phi) is 6.07. The van der Waals surface area contributed by atoms with E-state index >= 15 is 0 Å². The molecular formula is C23H22N2O3. The topological polar surface area (TPSA) is 67.4 Å². The van der Waals surface area contributed by atoms with E-state index in [9.17, 15) is 9.59 Å². The molecule has 0 saturated heterocycles. The van der Waals surface area contributed by atoms with E-state index in [1.165, 1.54) is 0 Å². The summed E-state index contributed by atoms with van der Waals surface area (Å²) in [5.41, 5.74) is 3.19. The minimum absolute atomic E-state index is 0.103. The van der Waals surface area contributed by atoms with Crippen LogP contribution in [0.15, 0.2) is 72.8 Å². The van der Waals surface area contributed by atoms with Crippen LogP contribution >= 0.6 is 0 Å². The third-order valence-corrected chi connectivity index (χ3v) is 4.15. The van der Waals surface area contributed by atoms with E-state index in [0.29, 0.717) is 29.2 Å². The molecule has 0 aliphatic heterocycles. The van der Waals surface area contributed by atoms with E-state index in [1.807, 2.05) is 38.1 Å². The van der Waals surface area contributed by atoms with Gasteiger partial charge in [-0.3, -0.25) is 4.79 Å². The molecule has 0 atom stereocenters. The quantitative estimate of drug-likeness (QED) is 0.518. The molecule has 3 aromatic carbocycles. The van der Waals surface area contributed by atoms with Crippen molar-refractivity contribution in [3.63, 3.8) is 0 Å². The first-order chi connectivity index (χ1) is 13.5. The summed E-state index contributed by atoms with van der Waals surface area (Å²) in [5.74, 6) is 1.38. The molecule has 0 aromatic heterocycles. The molecule has 0 unspecified atom stereocenters. The van der Waals surface area contributed by atoms with Gasteiger partial charge in [-0.2, -0.15) is 0 Å². The van der Waals surface area contributed by atoms with Gasteiger partial charge in [0.05, 0.1) is 0 Å². The number of ketones is 1. The number of ether oxygens (including phenoxy) is 1. The summed E-state index contributed by atoms with van der Waals surface area (Å²) < 4.78 is 5.77. The molecule has 0 bridgehead atoms. The highest BCUT2D eigenvalue weighted by Crippen LogP contribution is 2.24. The molecule has 0 saturated carbocycles. The molecule has 5 heteroatoms. The van der Waals surface area contributed by atoms with Crippen LogP contribution in [0.2, 0.25) is 0 Å². The molecular weight excluding hydrogens is 352 g/mol. The molecule has 142 valence electrons. The second-order valence-electron chi connectivity index (χ2n) is 6.37. The minimum atomic E-state index is -0.311. The zero-order valence-corrected chi connectivity index (χ0v) is 15.9. The number of benzene rings is 3. The van der Waals surface area contributed by atoms with Crippen LogP contribution in [0.25, 0.3) is 0 Å². The molecule has 0 aliphatic rings. The molecule has 2 amide bonds. The molecule has 2 N–H and O–H groups in total. The maximum Gasteiger partial charge on any atom is 0.323 e. The van der Waals surface area contributed by atoms with Crippen molar-refractivity contribution in [2.45, 2.75) is 20.3 Å². The number of rotatable bonds is 6. The molecule has 3 aromatic rings. The number of hydrogen-bond acceptors (Lipinski definition) is 3. The lowest BCUT2D eigenvalue weighted by Crippen LogP contribution is -2.19. The van der Waals surface area contributed by atoms with Crippen molar-refractivity contribution in [1.82, 2.24) is 0 Å². The van der Waals surface area contributed by atoms with Crippen molar-refractivity contribution in [1.29, 1.82) is 0 Å². The standard InChI is InChI=1S/C23H22N2O3/c1-3-22(26)17-6-12-20(13-7-17)28-21-14-10-19(11-15-21)25-23(27)24-18-8-4-16(2)5-9-18/h4-15H,3H2,1-2H3,(H2,24,25,27). The molecule has 28 heavy (non-hydrogen) atoms. The van der Waals surface area contributed by atoms with E-state index in [2.05, 4.69) is 10.6 Å². The van der Waals surface area contributed by atoms with Crippen LogP contribution in [-0.2, 0) is 0 Å². The Bertz CT molecular complexity index is 947. The average molecular weight is 374 g/mol. The van der Waals surface area contributed by atoms with E-state index in [-0.39, 0.29) is 11.8 Å². The number of carbonyl (C=O) groups is 2. The number of amides is 2. The Hall–Kier alpha value is -3.60. The van der Waals surface area contributed by atoms with E-state index < -0.39 is 0 Å². The molecule has 0 spiro atoms. The van der Waals surface area contributed by atoms with Gasteiger partial charge in [-0.05, 0) is 67.6 Å². The zero-order valence-electron chi connectivity index (χ0n) is 15.9. The van der Waals surface area contributed by atoms with Gasteiger partial charge in [-0.1, -0.05) is 24.6 Å². The van der Waals surface area contributed by atoms with E-state index in [4.69, 9.17) is 4.74 Å². The van der Waals surface area contributed by atoms with Gasteiger partial charge in [-0.15, -0.1) is 0 Å². The molecule has 0 aliphatic carbocycles. The monoisotopic (exact) mass is 374 g/mol. The van der Waals surface area contributed by atoms with Crippen LogP contribution in [0.1, 0.15) is 29.3 Å². The average Bonchev–Trinajstić information content (AvgIpc) is 2.71. The van der Waals surface area contributed by atoms with Crippen molar-refractivity contribution in [3.05, 3.63) is 83.9 Å². The van der Waals surface area contributed by atoms with Crippen molar-refractivity contribution in [3.8, 4) is 11.5 Å². The minimum Gasteiger partial charge on any atom is -0.457 e. The van der Waals surface area contributed by atoms with Gasteiger partial charge in [0.15, 0.2) is 5.78 Å². The van der Waals surface area contributed by atoms with Crippen molar-refractivity contribution >= 4 is 23.2 Å². The molecule has 3 rings (SSSR count). The fourth-order valence-corrected chi connectivity index (χ4v) is 2.59. The van der Waals surface area contributed by atoms with Crippen LogP contribution in [0.5, 0.6) is 11.5 Å². The van der Waals surface area contributed by atoms with E-state index in [0.717, 1.165) is 11.3 Å². The number of nitrogens with one attached hydrogen (secondary N) is 2. The summed E-state index contributed by atoms with van der Waals surface area (Å²) in [6.07, 6.45) is 0.478. The van der Waals surface area contributed by atoms with Gasteiger partial charge in [0.25, 0.3) is 0 Å². The van der Waals surface area contributed by atoms with Crippen LogP contribution in [-0.4, -0.2) is 11.8 Å². The lowest BCUT2D eigenvalue weighted by molar-refractivity contribution is 0.0988. The Morgan fingerprint density at radius 2 is 1.21 bits per heavy atom. The summed E-state index contributed by atoms with van der Waals surface area (Å²) in [6, 6.07) is 21.4. The Labute approximate surface area is 164 Å². The van der Waals surface area contributed by atoms with Crippen LogP contribution in [0.4, 0.5) is 16.2 Å². The number of urea groups is 1. The van der Waals surface area contributed by atoms with Crippen molar-refractivity contribution in [2.75, 3.05) is 10.6 Å². The lowest BCUT2D eigenvalue weighted by Gasteiger charge is -2.10. The zero-order chi connectivity index (χ0) is 19.9. The molecule has 5 nitrogen and oxygen atoms in total. The Morgan fingerprint density at radius 3 is 1.71 bits per heavy atom. The third kappa shape index (κ3) is 5.20. The Morgan fingerprint density at radius 1 is 0.750 bits per heavy atom. The van der Waals surface area contributed by atoms with Gasteiger partial charge in [0.2, 0.25) is 0 Å². The van der Waals surface area contributed by atoms with E-state index in [1.54, 1.807) is 48.5 Å². The summed E-state index contributed by atoms with van der Waals surface area (Å²) in [5, 5.41) is 5.56. The Balaban J connectivity index is 1.56. The van der Waals surface area contributed by atoms with Crippen LogP contribution in [0, 0.1) is 6.92 Å². The highest BCUT2D eigenvalue weighted by atomic mass is 16.5. The highest BCUT2D eigenvalue weighted by Gasteiger charge is 2.05. The first-order valence-electron chi connectivity index (χ1n) is 9.09. The van der Waals surface area contributed by atoms with Crippen molar-refractivity contribution in [2.24, 2.45) is 0 Å². The molecule has 0 radical (unpaired) electrons. The number of aryl methyl sites for hydroxylation is 1. The first-order valence-corrected chi connectivity index (χ1v) is 9.09. The number of carbonyl (C=O) groups excluding carboxylic acids is 2. The third-order valence-electron chi connectivity index (χ3n) is 4.15. The van der Waals surface area contributed by atoms with Gasteiger partial charge < -0.3 is 15.4 Å². The SMILES string of the molecule is CCC(=O)c1ccc(Oc2ccc(NC(=O)Nc3ccc(C)cc3)cc2)cc1. The number of Topliss-reactive ketones (excluding diaryl/α,β-unsaturated/α-hetero) is 1. The second kappa shape index (κ2) is 8.86. The summed E-state index contributed by atoms with van der Waals surface area (Å²) >= 11 is 0. The molecule has 0 heterocycles. The van der Waals surface area contributed by atoms with Gasteiger partial charge >= 0.3 is 6.03 Å². The maximum absolute atomic E-state index is 12.1. The second-order valence-corrected chi connectivity index (χ2v) is 6.37. The smallest absolute Gasteiger partial charge is 0.323 e. The summed E-state index contributed by atoms with van der Waals surface area (Å²) in [7, 11) is 0. The predicted molar refractivity (Wildman–Crippen MR) is 111 cm³/mol. The van der Waals surface area contributed by atoms with Gasteiger partial charge in [0, 0.05) is 23.4 Å². The lowest BCUT2D eigenvalue weighted by atomic mass is 10.1. The fraction of sp³-hybridized carbons (Fsp3) is 0.130. The van der Waals surface area contributed by atoms with Crippen molar-refractivity contribution < 1.29 is 14.3 Å². The maximum atomic E-state index is 12.1. The number of anilines is 2. The van der Waals surface area contributed by atoms with Gasteiger partial charge in [0.1, 0.15) is 11.5 Å². The predicted octanol–water partition coefficient (Wildman–Crippen LogP) is 6.02. The number of hydrogen-bond donors (Lipinski definition) is 2. The summed E-state index contributed by atoms with van der Waals surface area (Å²) in [4.78, 5) is 23.7. The largest absolute Gasteiger partial charge is 0.457 e. The summed E-state index contributed by atoms with van der Waals surface area (Å²) in [6.45, 7) is 3.83. The first kappa shape index (κ1) is 19.2. The fourth-order valence-electron chi connectivity index (χ4n) is 2.59. The normalized spacial score (nSPS) is 10.2. The van der Waals surface area contributed by atoms with Gasteiger partial charge in [-0.25, -0.2) is 4.79 Å². The van der Waals surface area contributed by atoms with Crippen LogP contribution < -0.4 is 15.4 Å². The van der Waals surface area contributed by atoms with Crippen LogP contribution in [0.3, 0.4) is 0 Å².